The number of aliphatic hydroxyl groups excluding tert-OH is 2. The molecule has 18 heavy (non-hydrogen) atoms. The number of hydrogen-bond acceptors (Lipinski definition) is 3. The van der Waals surface area contributed by atoms with Crippen LogP contribution in [-0.4, -0.2) is 27.2 Å². The van der Waals surface area contributed by atoms with Gasteiger partial charge in [-0.25, -0.2) is 0 Å². The Bertz CT molecular complexity index is 359. The lowest BCUT2D eigenvalue weighted by molar-refractivity contribution is 0.0342. The third-order valence-corrected chi connectivity index (χ3v) is 3.33. The van der Waals surface area contributed by atoms with Crippen LogP contribution in [0.3, 0.4) is 0 Å². The zero-order chi connectivity index (χ0) is 13.8. The van der Waals surface area contributed by atoms with E-state index in [0.29, 0.717) is 5.33 Å². The molecule has 0 aliphatic rings. The van der Waals surface area contributed by atoms with Crippen molar-refractivity contribution in [1.82, 2.24) is 5.32 Å². The van der Waals surface area contributed by atoms with Crippen molar-refractivity contribution < 1.29 is 10.2 Å². The number of hydrogen-bond donors (Lipinski definition) is 3. The van der Waals surface area contributed by atoms with Crippen LogP contribution in [0.2, 0.25) is 0 Å². The van der Waals surface area contributed by atoms with E-state index in [0.717, 1.165) is 17.7 Å². The predicted molar refractivity (Wildman–Crippen MR) is 77.8 cm³/mol. The molecule has 1 rings (SSSR count). The highest BCUT2D eigenvalue weighted by Crippen LogP contribution is 2.19. The van der Waals surface area contributed by atoms with Crippen LogP contribution in [-0.2, 0) is 6.54 Å². The van der Waals surface area contributed by atoms with Crippen LogP contribution < -0.4 is 5.32 Å². The monoisotopic (exact) mass is 315 g/mol. The van der Waals surface area contributed by atoms with Crippen molar-refractivity contribution in [3.05, 3.63) is 35.4 Å². The fraction of sp³-hybridized carbons (Fsp3) is 0.571. The maximum absolute atomic E-state index is 9.84. The van der Waals surface area contributed by atoms with Crippen molar-refractivity contribution in [3.63, 3.8) is 0 Å². The summed E-state index contributed by atoms with van der Waals surface area (Å²) < 4.78 is 0. The van der Waals surface area contributed by atoms with E-state index in [1.54, 1.807) is 0 Å². The second kappa shape index (κ2) is 6.66. The van der Waals surface area contributed by atoms with Gasteiger partial charge in [0.15, 0.2) is 0 Å². The van der Waals surface area contributed by atoms with Crippen LogP contribution in [0.4, 0.5) is 0 Å². The van der Waals surface area contributed by atoms with Crippen LogP contribution in [0.25, 0.3) is 0 Å². The second-order valence-corrected chi connectivity index (χ2v) is 6.16. The highest BCUT2D eigenvalue weighted by molar-refractivity contribution is 9.09. The van der Waals surface area contributed by atoms with Crippen molar-refractivity contribution in [2.75, 3.05) is 5.33 Å². The van der Waals surface area contributed by atoms with Crippen molar-refractivity contribution >= 4 is 15.9 Å². The van der Waals surface area contributed by atoms with Crippen molar-refractivity contribution in [3.8, 4) is 0 Å². The quantitative estimate of drug-likeness (QED) is 0.731. The summed E-state index contributed by atoms with van der Waals surface area (Å²) in [6, 6.07) is 7.66. The third-order valence-electron chi connectivity index (χ3n) is 2.67. The summed E-state index contributed by atoms with van der Waals surface area (Å²) in [5.41, 5.74) is 1.99. The lowest BCUT2D eigenvalue weighted by Gasteiger charge is -2.21. The first-order chi connectivity index (χ1) is 8.33. The van der Waals surface area contributed by atoms with Gasteiger partial charge in [0.2, 0.25) is 0 Å². The fourth-order valence-electron chi connectivity index (χ4n) is 1.51. The molecule has 4 heteroatoms. The van der Waals surface area contributed by atoms with Gasteiger partial charge < -0.3 is 15.5 Å². The smallest absolute Gasteiger partial charge is 0.106 e. The van der Waals surface area contributed by atoms with Crippen LogP contribution >= 0.6 is 15.9 Å². The molecule has 0 fully saturated rings. The van der Waals surface area contributed by atoms with E-state index >= 15 is 0 Å². The summed E-state index contributed by atoms with van der Waals surface area (Å²) >= 11 is 3.15. The summed E-state index contributed by atoms with van der Waals surface area (Å²) in [6.07, 6.45) is -1.61. The molecule has 2 atom stereocenters. The van der Waals surface area contributed by atoms with Gasteiger partial charge in [-0.05, 0) is 31.9 Å². The van der Waals surface area contributed by atoms with E-state index in [-0.39, 0.29) is 5.54 Å². The van der Waals surface area contributed by atoms with E-state index in [2.05, 4.69) is 42.0 Å². The normalized spacial score (nSPS) is 15.4. The third kappa shape index (κ3) is 5.06. The molecule has 0 aromatic heterocycles. The molecule has 0 heterocycles. The Morgan fingerprint density at radius 3 is 2.17 bits per heavy atom. The fourth-order valence-corrected chi connectivity index (χ4v) is 1.86. The Balaban J connectivity index is 2.63. The van der Waals surface area contributed by atoms with Crippen LogP contribution in [0.5, 0.6) is 0 Å². The lowest BCUT2D eigenvalue weighted by Crippen LogP contribution is -2.35. The van der Waals surface area contributed by atoms with Crippen LogP contribution in [0, 0.1) is 0 Å². The van der Waals surface area contributed by atoms with E-state index in [1.807, 2.05) is 24.3 Å². The molecule has 2 unspecified atom stereocenters. The molecule has 0 saturated carbocycles. The largest absolute Gasteiger partial charge is 0.389 e. The molecule has 3 N–H and O–H groups in total. The van der Waals surface area contributed by atoms with Gasteiger partial charge >= 0.3 is 0 Å². The Labute approximate surface area is 117 Å². The summed E-state index contributed by atoms with van der Waals surface area (Å²) in [5, 5.41) is 23.2. The Morgan fingerprint density at radius 1 is 1.17 bits per heavy atom. The first-order valence-electron chi connectivity index (χ1n) is 6.09. The second-order valence-electron chi connectivity index (χ2n) is 5.51. The average Bonchev–Trinajstić information content (AvgIpc) is 2.34. The van der Waals surface area contributed by atoms with Crippen molar-refractivity contribution in [2.45, 2.75) is 45.1 Å². The molecular weight excluding hydrogens is 294 g/mol. The molecule has 0 aliphatic carbocycles. The molecule has 0 radical (unpaired) electrons. The van der Waals surface area contributed by atoms with Crippen LogP contribution in [0.15, 0.2) is 24.3 Å². The molecule has 102 valence electrons. The molecule has 0 saturated heterocycles. The van der Waals surface area contributed by atoms with E-state index in [1.165, 1.54) is 0 Å². The zero-order valence-corrected chi connectivity index (χ0v) is 12.7. The van der Waals surface area contributed by atoms with Gasteiger partial charge in [0, 0.05) is 17.4 Å². The first-order valence-corrected chi connectivity index (χ1v) is 7.21. The SMILES string of the molecule is CC(C)(C)NCc1ccc(C(O)C(O)CBr)cc1. The van der Waals surface area contributed by atoms with Gasteiger partial charge in [0.25, 0.3) is 0 Å². The zero-order valence-electron chi connectivity index (χ0n) is 11.2. The van der Waals surface area contributed by atoms with Gasteiger partial charge in [-0.3, -0.25) is 0 Å². The highest BCUT2D eigenvalue weighted by Gasteiger charge is 2.16. The summed E-state index contributed by atoms with van der Waals surface area (Å²) in [7, 11) is 0. The minimum absolute atomic E-state index is 0.0876. The maximum atomic E-state index is 9.84. The first kappa shape index (κ1) is 15.6. The van der Waals surface area contributed by atoms with E-state index in [4.69, 9.17) is 0 Å². The molecule has 3 nitrogen and oxygen atoms in total. The van der Waals surface area contributed by atoms with Crippen molar-refractivity contribution in [2.24, 2.45) is 0 Å². The predicted octanol–water partition coefficient (Wildman–Crippen LogP) is 2.36. The number of nitrogens with one attached hydrogen (secondary N) is 1. The van der Waals surface area contributed by atoms with Gasteiger partial charge in [0.05, 0.1) is 6.10 Å². The Hall–Kier alpha value is -0.420. The van der Waals surface area contributed by atoms with Gasteiger partial charge in [-0.15, -0.1) is 0 Å². The number of halogens is 1. The number of aliphatic hydroxyl groups is 2. The number of rotatable bonds is 5. The molecule has 0 aliphatic heterocycles. The molecule has 1 aromatic carbocycles. The van der Waals surface area contributed by atoms with Crippen LogP contribution in [0.1, 0.15) is 38.0 Å². The summed E-state index contributed by atoms with van der Waals surface area (Å²) in [4.78, 5) is 0. The summed E-state index contributed by atoms with van der Waals surface area (Å²) in [5.74, 6) is 0. The topological polar surface area (TPSA) is 52.5 Å². The average molecular weight is 316 g/mol. The minimum atomic E-state index is -0.839. The van der Waals surface area contributed by atoms with Gasteiger partial charge in [-0.1, -0.05) is 40.2 Å². The van der Waals surface area contributed by atoms with Crippen molar-refractivity contribution in [1.29, 1.82) is 0 Å². The highest BCUT2D eigenvalue weighted by atomic mass is 79.9. The van der Waals surface area contributed by atoms with E-state index < -0.39 is 12.2 Å². The van der Waals surface area contributed by atoms with Gasteiger partial charge in [0.1, 0.15) is 6.10 Å². The number of benzene rings is 1. The maximum Gasteiger partial charge on any atom is 0.106 e. The van der Waals surface area contributed by atoms with Gasteiger partial charge in [-0.2, -0.15) is 0 Å². The standard InChI is InChI=1S/C14H22BrNO2/c1-14(2,3)16-9-10-4-6-11(7-5-10)13(18)12(17)8-15/h4-7,12-13,16-18H,8-9H2,1-3H3. The number of alkyl halides is 1. The summed E-state index contributed by atoms with van der Waals surface area (Å²) in [6.45, 7) is 7.16. The van der Waals surface area contributed by atoms with E-state index in [9.17, 15) is 10.2 Å². The molecular formula is C14H22BrNO2. The molecule has 1 aromatic rings. The Kier molecular flexibility index (Phi) is 5.79. The molecule has 0 amide bonds. The minimum Gasteiger partial charge on any atom is -0.389 e. The lowest BCUT2D eigenvalue weighted by atomic mass is 10.0. The molecule has 0 bridgehead atoms. The Morgan fingerprint density at radius 2 is 1.72 bits per heavy atom. The molecule has 0 spiro atoms.